The quantitative estimate of drug-likeness (QED) is 0.838. The van der Waals surface area contributed by atoms with E-state index >= 15 is 0 Å². The summed E-state index contributed by atoms with van der Waals surface area (Å²) in [7, 11) is 1.67. The molecule has 0 aromatic carbocycles. The van der Waals surface area contributed by atoms with Gasteiger partial charge in [-0.05, 0) is 30.9 Å². The van der Waals surface area contributed by atoms with Crippen molar-refractivity contribution in [1.82, 2.24) is 20.0 Å². The summed E-state index contributed by atoms with van der Waals surface area (Å²) in [4.78, 5) is 6.50. The van der Waals surface area contributed by atoms with Crippen molar-refractivity contribution in [1.29, 1.82) is 0 Å². The molecule has 1 fully saturated rings. The van der Waals surface area contributed by atoms with Crippen LogP contribution in [-0.4, -0.2) is 40.2 Å². The summed E-state index contributed by atoms with van der Waals surface area (Å²) >= 11 is 0. The minimum Gasteiger partial charge on any atom is -0.378 e. The largest absolute Gasteiger partial charge is 0.378 e. The fourth-order valence-electron chi connectivity index (χ4n) is 2.83. The Labute approximate surface area is 124 Å². The number of hydrogen-bond acceptors (Lipinski definition) is 5. The van der Waals surface area contributed by atoms with Gasteiger partial charge < -0.3 is 9.64 Å². The predicted octanol–water partition coefficient (Wildman–Crippen LogP) is 1.74. The molecule has 112 valence electrons. The van der Waals surface area contributed by atoms with E-state index < -0.39 is 0 Å². The number of pyridine rings is 1. The zero-order chi connectivity index (χ0) is 14.5. The number of rotatable bonds is 5. The highest BCUT2D eigenvalue weighted by molar-refractivity contribution is 5.44. The summed E-state index contributed by atoms with van der Waals surface area (Å²) < 4.78 is 7.01. The fourth-order valence-corrected chi connectivity index (χ4v) is 2.83. The Morgan fingerprint density at radius 3 is 2.71 bits per heavy atom. The minimum absolute atomic E-state index is 0.528. The molecule has 1 saturated heterocycles. The zero-order valence-electron chi connectivity index (χ0n) is 12.4. The molecular weight excluding hydrogens is 266 g/mol. The van der Waals surface area contributed by atoms with Gasteiger partial charge in [0.15, 0.2) is 0 Å². The molecule has 0 atom stereocenters. The molecule has 3 rings (SSSR count). The van der Waals surface area contributed by atoms with E-state index in [4.69, 9.17) is 4.74 Å². The highest BCUT2D eigenvalue weighted by Gasteiger charge is 2.20. The Hall–Kier alpha value is -1.95. The number of nitrogens with zero attached hydrogens (tertiary/aromatic N) is 5. The highest BCUT2D eigenvalue weighted by Crippen LogP contribution is 2.23. The number of aromatic nitrogens is 4. The molecule has 0 radical (unpaired) electrons. The topological polar surface area (TPSA) is 56.1 Å². The van der Waals surface area contributed by atoms with Crippen LogP contribution < -0.4 is 4.90 Å². The number of piperidine rings is 1. The van der Waals surface area contributed by atoms with Crippen molar-refractivity contribution in [2.24, 2.45) is 5.92 Å². The summed E-state index contributed by atoms with van der Waals surface area (Å²) in [5, 5.41) is 8.28. The van der Waals surface area contributed by atoms with Crippen LogP contribution in [0.2, 0.25) is 0 Å². The third-order valence-corrected chi connectivity index (χ3v) is 3.97. The van der Waals surface area contributed by atoms with Gasteiger partial charge in [0.25, 0.3) is 0 Å². The standard InChI is InChI=1S/C15H21N5O/c1-21-12-14-11-20(18-17-14)10-13-4-8-19(9-5-13)15-2-6-16-7-3-15/h2-3,6-7,11,13H,4-5,8-10,12H2,1H3. The second kappa shape index (κ2) is 6.67. The van der Waals surface area contributed by atoms with Crippen molar-refractivity contribution in [3.05, 3.63) is 36.4 Å². The van der Waals surface area contributed by atoms with Gasteiger partial charge in [0.05, 0.1) is 12.8 Å². The summed E-state index contributed by atoms with van der Waals surface area (Å²) in [5.74, 6) is 0.667. The van der Waals surface area contributed by atoms with Crippen LogP contribution in [-0.2, 0) is 17.9 Å². The SMILES string of the molecule is COCc1cn(CC2CCN(c3ccncc3)CC2)nn1. The fraction of sp³-hybridized carbons (Fsp3) is 0.533. The van der Waals surface area contributed by atoms with E-state index in [1.54, 1.807) is 7.11 Å². The number of anilines is 1. The van der Waals surface area contributed by atoms with E-state index in [0.717, 1.165) is 25.3 Å². The van der Waals surface area contributed by atoms with Crippen LogP contribution >= 0.6 is 0 Å². The second-order valence-electron chi connectivity index (χ2n) is 5.50. The average Bonchev–Trinajstić information content (AvgIpc) is 2.97. The molecule has 6 heteroatoms. The highest BCUT2D eigenvalue weighted by atomic mass is 16.5. The van der Waals surface area contributed by atoms with E-state index in [2.05, 4.69) is 32.3 Å². The minimum atomic E-state index is 0.528. The van der Waals surface area contributed by atoms with Gasteiger partial charge in [-0.2, -0.15) is 0 Å². The summed E-state index contributed by atoms with van der Waals surface area (Å²) in [6, 6.07) is 4.16. The van der Waals surface area contributed by atoms with Gasteiger partial charge in [0.1, 0.15) is 5.69 Å². The van der Waals surface area contributed by atoms with E-state index in [1.165, 1.54) is 18.5 Å². The second-order valence-corrected chi connectivity index (χ2v) is 5.50. The lowest BCUT2D eigenvalue weighted by molar-refractivity contribution is 0.181. The monoisotopic (exact) mass is 287 g/mol. The first kappa shape index (κ1) is 14.0. The van der Waals surface area contributed by atoms with Crippen molar-refractivity contribution in [2.75, 3.05) is 25.1 Å². The van der Waals surface area contributed by atoms with Gasteiger partial charge in [-0.3, -0.25) is 9.67 Å². The van der Waals surface area contributed by atoms with Crippen LogP contribution in [0.3, 0.4) is 0 Å². The Kier molecular flexibility index (Phi) is 4.45. The van der Waals surface area contributed by atoms with Gasteiger partial charge in [-0.1, -0.05) is 5.21 Å². The molecule has 0 amide bonds. The van der Waals surface area contributed by atoms with E-state index in [0.29, 0.717) is 12.5 Å². The maximum Gasteiger partial charge on any atom is 0.108 e. The van der Waals surface area contributed by atoms with Crippen LogP contribution in [0.4, 0.5) is 5.69 Å². The zero-order valence-corrected chi connectivity index (χ0v) is 12.4. The van der Waals surface area contributed by atoms with Gasteiger partial charge in [0.2, 0.25) is 0 Å². The van der Waals surface area contributed by atoms with E-state index in [1.807, 2.05) is 23.3 Å². The van der Waals surface area contributed by atoms with Crippen molar-refractivity contribution in [3.63, 3.8) is 0 Å². The van der Waals surface area contributed by atoms with Crippen LogP contribution in [0.1, 0.15) is 18.5 Å². The third-order valence-electron chi connectivity index (χ3n) is 3.97. The maximum absolute atomic E-state index is 5.07. The molecule has 2 aromatic rings. The smallest absolute Gasteiger partial charge is 0.108 e. The van der Waals surface area contributed by atoms with Crippen LogP contribution in [0.25, 0.3) is 0 Å². The van der Waals surface area contributed by atoms with Crippen LogP contribution in [0.5, 0.6) is 0 Å². The van der Waals surface area contributed by atoms with Gasteiger partial charge in [-0.25, -0.2) is 0 Å². The first-order valence-corrected chi connectivity index (χ1v) is 7.38. The number of ether oxygens (including phenoxy) is 1. The summed E-state index contributed by atoms with van der Waals surface area (Å²) in [6.07, 6.45) is 8.06. The molecule has 0 aliphatic carbocycles. The van der Waals surface area contributed by atoms with Crippen LogP contribution in [0.15, 0.2) is 30.7 Å². The molecule has 2 aromatic heterocycles. The molecule has 1 aliphatic heterocycles. The maximum atomic E-state index is 5.07. The molecule has 0 saturated carbocycles. The molecule has 1 aliphatic rings. The summed E-state index contributed by atoms with van der Waals surface area (Å²) in [5.41, 5.74) is 2.17. The number of methoxy groups -OCH3 is 1. The van der Waals surface area contributed by atoms with Crippen LogP contribution in [0, 0.1) is 5.92 Å². The normalized spacial score (nSPS) is 16.3. The summed E-state index contributed by atoms with van der Waals surface area (Å²) in [6.45, 7) is 3.66. The third kappa shape index (κ3) is 3.58. The van der Waals surface area contributed by atoms with Crippen molar-refractivity contribution < 1.29 is 4.74 Å². The van der Waals surface area contributed by atoms with E-state index in [9.17, 15) is 0 Å². The molecular formula is C15H21N5O. The lowest BCUT2D eigenvalue weighted by Crippen LogP contribution is -2.35. The molecule has 0 spiro atoms. The van der Waals surface area contributed by atoms with Crippen molar-refractivity contribution in [3.8, 4) is 0 Å². The Balaban J connectivity index is 1.51. The molecule has 21 heavy (non-hydrogen) atoms. The lowest BCUT2D eigenvalue weighted by Gasteiger charge is -2.33. The lowest BCUT2D eigenvalue weighted by atomic mass is 9.96. The number of hydrogen-bond donors (Lipinski definition) is 0. The van der Waals surface area contributed by atoms with Gasteiger partial charge in [0, 0.05) is 44.8 Å². The molecule has 0 N–H and O–H groups in total. The predicted molar refractivity (Wildman–Crippen MR) is 79.9 cm³/mol. The first-order valence-electron chi connectivity index (χ1n) is 7.38. The molecule has 3 heterocycles. The average molecular weight is 287 g/mol. The first-order chi connectivity index (χ1) is 10.3. The molecule has 0 bridgehead atoms. The Bertz CT molecular complexity index is 548. The van der Waals surface area contributed by atoms with Gasteiger partial charge >= 0.3 is 0 Å². The van der Waals surface area contributed by atoms with Crippen molar-refractivity contribution in [2.45, 2.75) is 26.0 Å². The molecule has 6 nitrogen and oxygen atoms in total. The van der Waals surface area contributed by atoms with Crippen molar-refractivity contribution >= 4 is 5.69 Å². The van der Waals surface area contributed by atoms with Gasteiger partial charge in [-0.15, -0.1) is 5.10 Å². The van der Waals surface area contributed by atoms with E-state index in [-0.39, 0.29) is 0 Å². The Morgan fingerprint density at radius 1 is 1.24 bits per heavy atom. The Morgan fingerprint density at radius 2 is 2.00 bits per heavy atom. The molecule has 0 unspecified atom stereocenters.